The second kappa shape index (κ2) is 13.5. The minimum absolute atomic E-state index is 0.0164. The van der Waals surface area contributed by atoms with E-state index in [0.717, 1.165) is 11.3 Å². The number of rotatable bonds is 11. The quantitative estimate of drug-likeness (QED) is 0.232. The van der Waals surface area contributed by atoms with Crippen molar-refractivity contribution in [3.05, 3.63) is 66.9 Å². The standard InChI is InChI=1S/C22H22Cl3N5O5S2/c1-30(11-37(33)34)9-12-10-36-20(18(12)25)22(32)29-19-15(6-14(24)7-16(19)35-5-4-26)21(31)28-17-3-2-13(23)8-27-17/h2-3,6-8,10H,4-5,9,11,26H2,1H3,(H,29,32)(H,33,34)(H,27,28,31). The van der Waals surface area contributed by atoms with E-state index < -0.39 is 22.9 Å². The molecular formula is C22H22Cl3N5O5S2. The predicted octanol–water partition coefficient (Wildman–Crippen LogP) is 4.56. The zero-order valence-electron chi connectivity index (χ0n) is 19.3. The summed E-state index contributed by atoms with van der Waals surface area (Å²) < 4.78 is 25.8. The van der Waals surface area contributed by atoms with Gasteiger partial charge in [0, 0.05) is 30.4 Å². The van der Waals surface area contributed by atoms with E-state index in [2.05, 4.69) is 15.6 Å². The molecule has 15 heteroatoms. The molecule has 3 rings (SSSR count). The molecule has 0 aliphatic rings. The van der Waals surface area contributed by atoms with Gasteiger partial charge in [-0.2, -0.15) is 0 Å². The molecule has 5 N–H and O–H groups in total. The van der Waals surface area contributed by atoms with Crippen LogP contribution in [0.15, 0.2) is 35.8 Å². The van der Waals surface area contributed by atoms with Gasteiger partial charge in [0.15, 0.2) is 11.1 Å². The SMILES string of the molecule is CN(Cc1csc(C(=O)Nc2c(OCCN)cc(Cl)cc2C(=O)Nc2ccc(Cl)cn2)c1Cl)CS(=O)O. The molecule has 1 atom stereocenters. The van der Waals surface area contributed by atoms with Crippen molar-refractivity contribution in [2.75, 3.05) is 36.7 Å². The largest absolute Gasteiger partial charge is 0.490 e. The first-order chi connectivity index (χ1) is 17.6. The lowest BCUT2D eigenvalue weighted by molar-refractivity contribution is 0.102. The topological polar surface area (TPSA) is 147 Å². The summed E-state index contributed by atoms with van der Waals surface area (Å²) in [6.07, 6.45) is 1.37. The summed E-state index contributed by atoms with van der Waals surface area (Å²) in [5.74, 6) is -0.912. The molecule has 2 aromatic heterocycles. The number of ether oxygens (including phenoxy) is 1. The first kappa shape index (κ1) is 29.3. The minimum Gasteiger partial charge on any atom is -0.490 e. The number of thiophene rings is 1. The van der Waals surface area contributed by atoms with E-state index in [1.807, 2.05) is 0 Å². The molecule has 0 aliphatic heterocycles. The smallest absolute Gasteiger partial charge is 0.267 e. The summed E-state index contributed by atoms with van der Waals surface area (Å²) in [5.41, 5.74) is 6.25. The fourth-order valence-electron chi connectivity index (χ4n) is 3.14. The third kappa shape index (κ3) is 8.09. The zero-order valence-corrected chi connectivity index (χ0v) is 23.2. The Morgan fingerprint density at radius 1 is 1.19 bits per heavy atom. The number of aromatic nitrogens is 1. The van der Waals surface area contributed by atoms with Crippen LogP contribution >= 0.6 is 46.1 Å². The maximum absolute atomic E-state index is 13.2. The summed E-state index contributed by atoms with van der Waals surface area (Å²) in [6, 6.07) is 5.91. The highest BCUT2D eigenvalue weighted by atomic mass is 35.5. The fourth-order valence-corrected chi connectivity index (χ4v) is 5.17. The number of pyridine rings is 1. The van der Waals surface area contributed by atoms with Gasteiger partial charge in [-0.1, -0.05) is 34.8 Å². The second-order valence-corrected chi connectivity index (χ2v) is 10.6. The maximum Gasteiger partial charge on any atom is 0.267 e. The van der Waals surface area contributed by atoms with Crippen molar-refractivity contribution in [1.82, 2.24) is 9.88 Å². The van der Waals surface area contributed by atoms with Crippen LogP contribution in [0.25, 0.3) is 0 Å². The molecule has 37 heavy (non-hydrogen) atoms. The highest BCUT2D eigenvalue weighted by Crippen LogP contribution is 2.36. The van der Waals surface area contributed by atoms with E-state index >= 15 is 0 Å². The van der Waals surface area contributed by atoms with Gasteiger partial charge in [-0.25, -0.2) is 9.19 Å². The van der Waals surface area contributed by atoms with Crippen LogP contribution in [0.2, 0.25) is 15.1 Å². The van der Waals surface area contributed by atoms with Crippen molar-refractivity contribution in [1.29, 1.82) is 0 Å². The van der Waals surface area contributed by atoms with Crippen molar-refractivity contribution < 1.29 is 23.1 Å². The highest BCUT2D eigenvalue weighted by Gasteiger charge is 2.24. The van der Waals surface area contributed by atoms with Gasteiger partial charge in [0.05, 0.1) is 21.3 Å². The number of carbonyl (C=O) groups excluding carboxylic acids is 2. The Balaban J connectivity index is 1.92. The summed E-state index contributed by atoms with van der Waals surface area (Å²) in [4.78, 5) is 32.2. The lowest BCUT2D eigenvalue weighted by atomic mass is 10.1. The van der Waals surface area contributed by atoms with Crippen LogP contribution in [-0.2, 0) is 17.6 Å². The van der Waals surface area contributed by atoms with E-state index in [1.54, 1.807) is 23.4 Å². The van der Waals surface area contributed by atoms with Crippen LogP contribution in [0.1, 0.15) is 25.6 Å². The van der Waals surface area contributed by atoms with Crippen LogP contribution < -0.4 is 21.1 Å². The number of halogens is 3. The average Bonchev–Trinajstić information content (AvgIpc) is 3.19. The lowest BCUT2D eigenvalue weighted by Gasteiger charge is -2.17. The van der Waals surface area contributed by atoms with Gasteiger partial charge in [-0.15, -0.1) is 11.3 Å². The molecule has 1 aromatic carbocycles. The molecule has 0 radical (unpaired) electrons. The fraction of sp³-hybridized carbons (Fsp3) is 0.227. The third-order valence-corrected chi connectivity index (χ3v) is 7.35. The number of benzene rings is 1. The Morgan fingerprint density at radius 2 is 1.95 bits per heavy atom. The van der Waals surface area contributed by atoms with Gasteiger partial charge >= 0.3 is 0 Å². The van der Waals surface area contributed by atoms with Crippen molar-refractivity contribution in [3.8, 4) is 5.75 Å². The van der Waals surface area contributed by atoms with Gasteiger partial charge < -0.3 is 25.7 Å². The van der Waals surface area contributed by atoms with E-state index in [4.69, 9.17) is 49.8 Å². The lowest BCUT2D eigenvalue weighted by Crippen LogP contribution is -2.22. The molecule has 1 unspecified atom stereocenters. The highest BCUT2D eigenvalue weighted by molar-refractivity contribution is 7.79. The third-order valence-electron chi connectivity index (χ3n) is 4.67. The molecule has 0 saturated carbocycles. The molecule has 10 nitrogen and oxygen atoms in total. The Kier molecular flexibility index (Phi) is 10.7. The second-order valence-electron chi connectivity index (χ2n) is 7.60. The molecular weight excluding hydrogens is 585 g/mol. The molecule has 0 bridgehead atoms. The van der Waals surface area contributed by atoms with Crippen LogP contribution in [0.4, 0.5) is 11.5 Å². The van der Waals surface area contributed by atoms with Gasteiger partial charge in [0.1, 0.15) is 28.9 Å². The van der Waals surface area contributed by atoms with Gasteiger partial charge in [-0.05, 0) is 36.2 Å². The monoisotopic (exact) mass is 605 g/mol. The number of nitrogens with zero attached hydrogens (tertiary/aromatic N) is 2. The van der Waals surface area contributed by atoms with Crippen molar-refractivity contribution in [2.45, 2.75) is 6.54 Å². The molecule has 0 fully saturated rings. The number of amides is 2. The molecule has 0 aliphatic carbocycles. The van der Waals surface area contributed by atoms with E-state index in [9.17, 15) is 13.8 Å². The first-order valence-corrected chi connectivity index (χ1v) is 13.8. The van der Waals surface area contributed by atoms with Crippen LogP contribution in [-0.4, -0.2) is 56.5 Å². The summed E-state index contributed by atoms with van der Waals surface area (Å²) in [6.45, 7) is 0.538. The van der Waals surface area contributed by atoms with Crippen molar-refractivity contribution in [2.24, 2.45) is 5.73 Å². The average molecular weight is 607 g/mol. The van der Waals surface area contributed by atoms with Crippen LogP contribution in [0.5, 0.6) is 5.75 Å². The molecule has 2 amide bonds. The summed E-state index contributed by atoms with van der Waals surface area (Å²) >= 11 is 17.6. The molecule has 198 valence electrons. The van der Waals surface area contributed by atoms with Gasteiger partial charge in [0.2, 0.25) is 0 Å². The number of hydrogen-bond donors (Lipinski definition) is 4. The number of nitrogens with two attached hydrogens (primary N) is 1. The number of hydrogen-bond acceptors (Lipinski definition) is 8. The Hall–Kier alpha value is -2.29. The van der Waals surface area contributed by atoms with Gasteiger partial charge in [-0.3, -0.25) is 14.5 Å². The van der Waals surface area contributed by atoms with Crippen molar-refractivity contribution >= 4 is 80.5 Å². The number of anilines is 2. The molecule has 0 saturated heterocycles. The number of nitrogens with one attached hydrogen (secondary N) is 2. The Bertz CT molecular complexity index is 1310. The van der Waals surface area contributed by atoms with Gasteiger partial charge in [0.25, 0.3) is 11.8 Å². The summed E-state index contributed by atoms with van der Waals surface area (Å²) in [5, 5.41) is 7.80. The molecule has 3 aromatic rings. The minimum atomic E-state index is -2.01. The van der Waals surface area contributed by atoms with Crippen LogP contribution in [0, 0.1) is 0 Å². The first-order valence-electron chi connectivity index (χ1n) is 10.5. The molecule has 2 heterocycles. The Labute approximate surface area is 234 Å². The molecule has 0 spiro atoms. The zero-order chi connectivity index (χ0) is 27.1. The summed E-state index contributed by atoms with van der Waals surface area (Å²) in [7, 11) is 1.65. The Morgan fingerprint density at radius 3 is 2.59 bits per heavy atom. The van der Waals surface area contributed by atoms with Crippen molar-refractivity contribution in [3.63, 3.8) is 0 Å². The number of carbonyl (C=O) groups is 2. The normalized spacial score (nSPS) is 11.9. The predicted molar refractivity (Wildman–Crippen MR) is 148 cm³/mol. The van der Waals surface area contributed by atoms with Crippen LogP contribution in [0.3, 0.4) is 0 Å². The van der Waals surface area contributed by atoms with E-state index in [1.165, 1.54) is 24.4 Å². The van der Waals surface area contributed by atoms with E-state index in [-0.39, 0.29) is 63.3 Å². The maximum atomic E-state index is 13.2. The van der Waals surface area contributed by atoms with E-state index in [0.29, 0.717) is 10.6 Å².